The minimum atomic E-state index is -0.354. The summed E-state index contributed by atoms with van der Waals surface area (Å²) < 4.78 is 14.8. The van der Waals surface area contributed by atoms with Gasteiger partial charge in [-0.05, 0) is 29.8 Å². The topological polar surface area (TPSA) is 59.8 Å². The van der Waals surface area contributed by atoms with Crippen LogP contribution in [0.5, 0.6) is 0 Å². The summed E-state index contributed by atoms with van der Waals surface area (Å²) in [5.41, 5.74) is 1.62. The molecule has 0 radical (unpaired) electrons. The van der Waals surface area contributed by atoms with E-state index < -0.39 is 0 Å². The van der Waals surface area contributed by atoms with Crippen molar-refractivity contribution in [2.75, 3.05) is 11.1 Å². The highest BCUT2D eigenvalue weighted by Gasteiger charge is 2.09. The molecule has 0 aliphatic carbocycles. The highest BCUT2D eigenvalue weighted by molar-refractivity contribution is 7.99. The SMILES string of the molecule is O=C(CSCc1cccnc1)Nc1ccnn1-c1cccc(F)c1. The van der Waals surface area contributed by atoms with Gasteiger partial charge in [-0.15, -0.1) is 11.8 Å². The molecule has 3 aromatic rings. The lowest BCUT2D eigenvalue weighted by Crippen LogP contribution is -2.17. The van der Waals surface area contributed by atoms with Gasteiger partial charge in [0.15, 0.2) is 0 Å². The van der Waals surface area contributed by atoms with E-state index >= 15 is 0 Å². The second kappa shape index (κ2) is 7.74. The summed E-state index contributed by atoms with van der Waals surface area (Å²) in [5, 5.41) is 6.93. The summed E-state index contributed by atoms with van der Waals surface area (Å²) in [5.74, 6) is 1.04. The van der Waals surface area contributed by atoms with Crippen molar-refractivity contribution in [3.63, 3.8) is 0 Å². The quantitative estimate of drug-likeness (QED) is 0.747. The van der Waals surface area contributed by atoms with Crippen molar-refractivity contribution in [3.8, 4) is 5.69 Å². The Balaban J connectivity index is 1.58. The van der Waals surface area contributed by atoms with Gasteiger partial charge in [0.1, 0.15) is 11.6 Å². The number of hydrogen-bond acceptors (Lipinski definition) is 4. The molecule has 1 aromatic carbocycles. The number of hydrogen-bond donors (Lipinski definition) is 1. The van der Waals surface area contributed by atoms with Crippen molar-refractivity contribution in [1.82, 2.24) is 14.8 Å². The maximum absolute atomic E-state index is 13.3. The standard InChI is InChI=1S/C17H15FN4OS/c18-14-4-1-5-15(9-14)22-16(6-8-20-22)21-17(23)12-24-11-13-3-2-7-19-10-13/h1-10H,11-12H2,(H,21,23). The normalized spacial score (nSPS) is 10.5. The molecule has 0 atom stereocenters. The molecule has 1 amide bonds. The summed E-state index contributed by atoms with van der Waals surface area (Å²) in [6, 6.07) is 11.6. The van der Waals surface area contributed by atoms with E-state index in [9.17, 15) is 9.18 Å². The van der Waals surface area contributed by atoms with E-state index in [0.29, 0.717) is 23.0 Å². The predicted octanol–water partition coefficient (Wildman–Crippen LogP) is 3.28. The molecule has 2 aromatic heterocycles. The molecule has 0 spiro atoms. The molecule has 0 aliphatic heterocycles. The fraction of sp³-hybridized carbons (Fsp3) is 0.118. The molecular weight excluding hydrogens is 327 g/mol. The van der Waals surface area contributed by atoms with Gasteiger partial charge in [-0.1, -0.05) is 12.1 Å². The van der Waals surface area contributed by atoms with E-state index in [4.69, 9.17) is 0 Å². The lowest BCUT2D eigenvalue weighted by atomic mass is 10.3. The molecule has 122 valence electrons. The molecule has 0 fully saturated rings. The monoisotopic (exact) mass is 342 g/mol. The number of halogens is 1. The van der Waals surface area contributed by atoms with E-state index in [1.807, 2.05) is 12.1 Å². The fourth-order valence-corrected chi connectivity index (χ4v) is 2.90. The van der Waals surface area contributed by atoms with Gasteiger partial charge in [-0.2, -0.15) is 5.10 Å². The van der Waals surface area contributed by atoms with Gasteiger partial charge in [0.25, 0.3) is 0 Å². The smallest absolute Gasteiger partial charge is 0.235 e. The molecule has 0 bridgehead atoms. The highest BCUT2D eigenvalue weighted by atomic mass is 32.2. The van der Waals surface area contributed by atoms with Crippen LogP contribution >= 0.6 is 11.8 Å². The Morgan fingerprint density at radius 2 is 2.12 bits per heavy atom. The molecule has 1 N–H and O–H groups in total. The first kappa shape index (κ1) is 16.2. The number of benzene rings is 1. The second-order valence-corrected chi connectivity index (χ2v) is 6.00. The van der Waals surface area contributed by atoms with Gasteiger partial charge in [0, 0.05) is 24.2 Å². The number of anilines is 1. The highest BCUT2D eigenvalue weighted by Crippen LogP contribution is 2.17. The Labute approximate surface area is 142 Å². The number of thioether (sulfide) groups is 1. The predicted molar refractivity (Wildman–Crippen MR) is 92.6 cm³/mol. The number of carbonyl (C=O) groups is 1. The largest absolute Gasteiger partial charge is 0.310 e. The van der Waals surface area contributed by atoms with E-state index in [-0.39, 0.29) is 11.7 Å². The van der Waals surface area contributed by atoms with Crippen LogP contribution in [0.2, 0.25) is 0 Å². The second-order valence-electron chi connectivity index (χ2n) is 5.01. The minimum Gasteiger partial charge on any atom is -0.310 e. The zero-order chi connectivity index (χ0) is 16.8. The summed E-state index contributed by atoms with van der Waals surface area (Å²) in [6.07, 6.45) is 5.06. The molecule has 5 nitrogen and oxygen atoms in total. The summed E-state index contributed by atoms with van der Waals surface area (Å²) in [6.45, 7) is 0. The maximum atomic E-state index is 13.3. The number of amides is 1. The third kappa shape index (κ3) is 4.20. The first-order valence-corrected chi connectivity index (χ1v) is 8.44. The minimum absolute atomic E-state index is 0.137. The van der Waals surface area contributed by atoms with Crippen LogP contribution in [0.4, 0.5) is 10.2 Å². The van der Waals surface area contributed by atoms with Gasteiger partial charge in [-0.25, -0.2) is 9.07 Å². The Morgan fingerprint density at radius 3 is 2.92 bits per heavy atom. The van der Waals surface area contributed by atoms with Crippen molar-refractivity contribution < 1.29 is 9.18 Å². The Bertz CT molecular complexity index is 822. The van der Waals surface area contributed by atoms with Gasteiger partial charge in [0.2, 0.25) is 5.91 Å². The van der Waals surface area contributed by atoms with Gasteiger partial charge in [-0.3, -0.25) is 9.78 Å². The van der Waals surface area contributed by atoms with E-state index in [1.165, 1.54) is 28.6 Å². The number of nitrogens with zero attached hydrogens (tertiary/aromatic N) is 3. The molecule has 3 rings (SSSR count). The van der Waals surface area contributed by atoms with Crippen LogP contribution in [0.3, 0.4) is 0 Å². The Kier molecular flexibility index (Phi) is 5.22. The van der Waals surface area contributed by atoms with Crippen molar-refractivity contribution in [2.24, 2.45) is 0 Å². The average Bonchev–Trinajstić information content (AvgIpc) is 3.04. The molecule has 0 unspecified atom stereocenters. The fourth-order valence-electron chi connectivity index (χ4n) is 2.14. The average molecular weight is 342 g/mol. The first-order chi connectivity index (χ1) is 11.7. The molecular formula is C17H15FN4OS. The van der Waals surface area contributed by atoms with Gasteiger partial charge >= 0.3 is 0 Å². The number of pyridine rings is 1. The van der Waals surface area contributed by atoms with Gasteiger partial charge < -0.3 is 5.32 Å². The number of rotatable bonds is 6. The molecule has 24 heavy (non-hydrogen) atoms. The zero-order valence-electron chi connectivity index (χ0n) is 12.7. The molecule has 0 saturated heterocycles. The summed E-state index contributed by atoms with van der Waals surface area (Å²) in [7, 11) is 0. The number of nitrogens with one attached hydrogen (secondary N) is 1. The van der Waals surface area contributed by atoms with Crippen LogP contribution in [-0.4, -0.2) is 26.4 Å². The van der Waals surface area contributed by atoms with E-state index in [2.05, 4.69) is 15.4 Å². The number of aromatic nitrogens is 3. The summed E-state index contributed by atoms with van der Waals surface area (Å²) in [4.78, 5) is 16.1. The van der Waals surface area contributed by atoms with Crippen LogP contribution < -0.4 is 5.32 Å². The first-order valence-electron chi connectivity index (χ1n) is 7.29. The Hall–Kier alpha value is -2.67. The molecule has 2 heterocycles. The van der Waals surface area contributed by atoms with Crippen LogP contribution in [-0.2, 0) is 10.5 Å². The van der Waals surface area contributed by atoms with E-state index in [1.54, 1.807) is 36.8 Å². The van der Waals surface area contributed by atoms with Gasteiger partial charge in [0.05, 0.1) is 17.6 Å². The molecule has 0 saturated carbocycles. The zero-order valence-corrected chi connectivity index (χ0v) is 13.5. The number of carbonyl (C=O) groups excluding carboxylic acids is 1. The van der Waals surface area contributed by atoms with Crippen molar-refractivity contribution in [3.05, 3.63) is 72.4 Å². The van der Waals surface area contributed by atoms with Crippen molar-refractivity contribution >= 4 is 23.5 Å². The third-order valence-electron chi connectivity index (χ3n) is 3.19. The Morgan fingerprint density at radius 1 is 1.21 bits per heavy atom. The molecule has 7 heteroatoms. The van der Waals surface area contributed by atoms with Crippen molar-refractivity contribution in [1.29, 1.82) is 0 Å². The lowest BCUT2D eigenvalue weighted by Gasteiger charge is -2.09. The van der Waals surface area contributed by atoms with Crippen LogP contribution in [0.25, 0.3) is 5.69 Å². The molecule has 0 aliphatic rings. The van der Waals surface area contributed by atoms with Crippen LogP contribution in [0.1, 0.15) is 5.56 Å². The maximum Gasteiger partial charge on any atom is 0.235 e. The van der Waals surface area contributed by atoms with E-state index in [0.717, 1.165) is 5.56 Å². The van der Waals surface area contributed by atoms with Crippen LogP contribution in [0, 0.1) is 5.82 Å². The van der Waals surface area contributed by atoms with Crippen LogP contribution in [0.15, 0.2) is 61.1 Å². The lowest BCUT2D eigenvalue weighted by molar-refractivity contribution is -0.113. The summed E-state index contributed by atoms with van der Waals surface area (Å²) >= 11 is 1.50. The third-order valence-corrected chi connectivity index (χ3v) is 4.19. The van der Waals surface area contributed by atoms with Crippen molar-refractivity contribution in [2.45, 2.75) is 5.75 Å².